The van der Waals surface area contributed by atoms with Gasteiger partial charge in [-0.1, -0.05) is 24.8 Å². The van der Waals surface area contributed by atoms with Crippen LogP contribution in [0.3, 0.4) is 0 Å². The van der Waals surface area contributed by atoms with Gasteiger partial charge in [0.2, 0.25) is 0 Å². The van der Waals surface area contributed by atoms with Crippen molar-refractivity contribution in [1.82, 2.24) is 10.4 Å². The summed E-state index contributed by atoms with van der Waals surface area (Å²) in [7, 11) is 0. The lowest BCUT2D eigenvalue weighted by molar-refractivity contribution is -0.200. The number of rotatable bonds is 4. The van der Waals surface area contributed by atoms with Crippen LogP contribution in [0.25, 0.3) is 5.70 Å². The maximum atomic E-state index is 12.3. The van der Waals surface area contributed by atoms with E-state index in [1.165, 1.54) is 4.90 Å². The number of hydroxylamine groups is 1. The Kier molecular flexibility index (Phi) is 4.22. The molecule has 0 aromatic heterocycles. The van der Waals surface area contributed by atoms with Crippen LogP contribution >= 0.6 is 0 Å². The molecular weight excluding hydrogens is 284 g/mol. The van der Waals surface area contributed by atoms with Crippen molar-refractivity contribution in [2.45, 2.75) is 25.6 Å². The molecule has 2 aliphatic rings. The van der Waals surface area contributed by atoms with Crippen LogP contribution < -0.4 is 5.48 Å². The first kappa shape index (κ1) is 14.7. The van der Waals surface area contributed by atoms with Crippen LogP contribution in [-0.2, 0) is 14.4 Å². The second-order valence-corrected chi connectivity index (χ2v) is 5.32. The number of carbonyl (C=O) groups is 2. The number of ether oxygens (including phenoxy) is 1. The molecule has 0 spiro atoms. The summed E-state index contributed by atoms with van der Waals surface area (Å²) in [6.45, 7) is 4.40. The van der Waals surface area contributed by atoms with E-state index < -0.39 is 12.2 Å². The molecule has 3 rings (SSSR count). The van der Waals surface area contributed by atoms with Gasteiger partial charge in [0.1, 0.15) is 6.54 Å². The molecule has 0 bridgehead atoms. The Morgan fingerprint density at radius 3 is 2.82 bits per heavy atom. The van der Waals surface area contributed by atoms with E-state index in [4.69, 9.17) is 9.57 Å². The summed E-state index contributed by atoms with van der Waals surface area (Å²) >= 11 is 0. The molecule has 2 heterocycles. The van der Waals surface area contributed by atoms with Crippen LogP contribution in [0.2, 0.25) is 0 Å². The molecule has 1 aromatic carbocycles. The fourth-order valence-electron chi connectivity index (χ4n) is 2.61. The highest BCUT2D eigenvalue weighted by atomic mass is 16.8. The lowest BCUT2D eigenvalue weighted by Gasteiger charge is -2.23. The average Bonchev–Trinajstić information content (AvgIpc) is 2.79. The van der Waals surface area contributed by atoms with Gasteiger partial charge in [-0.25, -0.2) is 10.3 Å². The first-order chi connectivity index (χ1) is 10.7. The number of nitrogens with one attached hydrogen (secondary N) is 1. The SMILES string of the molecule is C=C1c2ccccc2C(=O)N1CC(=O)NO[C@H]1CCCCO1. The van der Waals surface area contributed by atoms with Crippen molar-refractivity contribution in [2.75, 3.05) is 13.2 Å². The molecule has 1 atom stereocenters. The van der Waals surface area contributed by atoms with E-state index in [-0.39, 0.29) is 12.5 Å². The zero-order valence-electron chi connectivity index (χ0n) is 12.2. The minimum absolute atomic E-state index is 0.126. The molecule has 0 radical (unpaired) electrons. The van der Waals surface area contributed by atoms with E-state index >= 15 is 0 Å². The Morgan fingerprint density at radius 2 is 2.14 bits per heavy atom. The molecule has 116 valence electrons. The third-order valence-corrected chi connectivity index (χ3v) is 3.78. The molecule has 22 heavy (non-hydrogen) atoms. The van der Waals surface area contributed by atoms with Crippen LogP contribution in [0.1, 0.15) is 35.2 Å². The maximum absolute atomic E-state index is 12.3. The van der Waals surface area contributed by atoms with Crippen LogP contribution in [0, 0.1) is 0 Å². The van der Waals surface area contributed by atoms with Crippen molar-refractivity contribution in [3.63, 3.8) is 0 Å². The number of carbonyl (C=O) groups excluding carboxylic acids is 2. The topological polar surface area (TPSA) is 67.9 Å². The summed E-state index contributed by atoms with van der Waals surface area (Å²) in [6.07, 6.45) is 2.36. The quantitative estimate of drug-likeness (QED) is 0.859. The molecule has 0 aliphatic carbocycles. The summed E-state index contributed by atoms with van der Waals surface area (Å²) in [6, 6.07) is 7.18. The van der Waals surface area contributed by atoms with Crippen LogP contribution in [0.4, 0.5) is 0 Å². The fourth-order valence-corrected chi connectivity index (χ4v) is 2.61. The molecule has 1 N–H and O–H groups in total. The van der Waals surface area contributed by atoms with Gasteiger partial charge in [-0.2, -0.15) is 0 Å². The number of benzene rings is 1. The van der Waals surface area contributed by atoms with Crippen LogP contribution in [0.5, 0.6) is 0 Å². The fraction of sp³-hybridized carbons (Fsp3) is 0.375. The highest BCUT2D eigenvalue weighted by Gasteiger charge is 2.32. The summed E-state index contributed by atoms with van der Waals surface area (Å²) in [5, 5.41) is 0. The highest BCUT2D eigenvalue weighted by Crippen LogP contribution is 2.30. The first-order valence-electron chi connectivity index (χ1n) is 7.33. The van der Waals surface area contributed by atoms with Gasteiger partial charge in [-0.05, 0) is 18.9 Å². The monoisotopic (exact) mass is 302 g/mol. The molecule has 6 heteroatoms. The minimum Gasteiger partial charge on any atom is -0.350 e. The van der Waals surface area contributed by atoms with E-state index in [1.807, 2.05) is 12.1 Å². The second kappa shape index (κ2) is 6.29. The molecule has 0 unspecified atom stereocenters. The molecule has 1 aromatic rings. The second-order valence-electron chi connectivity index (χ2n) is 5.32. The number of nitrogens with zero attached hydrogens (tertiary/aromatic N) is 1. The lowest BCUT2D eigenvalue weighted by Crippen LogP contribution is -2.39. The zero-order chi connectivity index (χ0) is 15.5. The number of amides is 2. The van der Waals surface area contributed by atoms with Gasteiger partial charge in [0.05, 0.1) is 0 Å². The smallest absolute Gasteiger partial charge is 0.263 e. The van der Waals surface area contributed by atoms with E-state index in [0.717, 1.165) is 24.8 Å². The molecule has 1 fully saturated rings. The highest BCUT2D eigenvalue weighted by molar-refractivity contribution is 6.10. The first-order valence-corrected chi connectivity index (χ1v) is 7.33. The normalized spacial score (nSPS) is 20.9. The molecule has 0 saturated carbocycles. The Balaban J connectivity index is 1.56. The third kappa shape index (κ3) is 2.88. The number of hydrogen-bond acceptors (Lipinski definition) is 4. The Morgan fingerprint density at radius 1 is 1.36 bits per heavy atom. The van der Waals surface area contributed by atoms with Gasteiger partial charge in [-0.15, -0.1) is 0 Å². The van der Waals surface area contributed by atoms with E-state index in [2.05, 4.69) is 12.1 Å². The molecule has 2 aliphatic heterocycles. The molecular formula is C16H18N2O4. The van der Waals surface area contributed by atoms with Gasteiger partial charge < -0.3 is 4.74 Å². The molecule has 6 nitrogen and oxygen atoms in total. The minimum atomic E-state index is -0.410. The summed E-state index contributed by atoms with van der Waals surface area (Å²) in [5.74, 6) is -0.624. The predicted octanol–water partition coefficient (Wildman–Crippen LogP) is 1.69. The Bertz CT molecular complexity index is 573. The zero-order valence-corrected chi connectivity index (χ0v) is 12.2. The summed E-state index contributed by atoms with van der Waals surface area (Å²) in [5.41, 5.74) is 4.21. The Hall–Kier alpha value is -2.18. The molecule has 1 saturated heterocycles. The Labute approximate surface area is 128 Å². The van der Waals surface area contributed by atoms with Crippen molar-refractivity contribution in [3.8, 4) is 0 Å². The van der Waals surface area contributed by atoms with Gasteiger partial charge in [-0.3, -0.25) is 14.5 Å². The van der Waals surface area contributed by atoms with Crippen molar-refractivity contribution in [1.29, 1.82) is 0 Å². The van der Waals surface area contributed by atoms with E-state index in [1.54, 1.807) is 12.1 Å². The lowest BCUT2D eigenvalue weighted by atomic mass is 10.1. The van der Waals surface area contributed by atoms with Gasteiger partial charge in [0, 0.05) is 29.9 Å². The summed E-state index contributed by atoms with van der Waals surface area (Å²) in [4.78, 5) is 30.8. The largest absolute Gasteiger partial charge is 0.350 e. The van der Waals surface area contributed by atoms with Crippen molar-refractivity contribution >= 4 is 17.5 Å². The van der Waals surface area contributed by atoms with Gasteiger partial charge in [0.15, 0.2) is 6.29 Å². The van der Waals surface area contributed by atoms with Crippen LogP contribution in [0.15, 0.2) is 30.8 Å². The number of hydrogen-bond donors (Lipinski definition) is 1. The van der Waals surface area contributed by atoms with Crippen molar-refractivity contribution in [3.05, 3.63) is 42.0 Å². The average molecular weight is 302 g/mol. The van der Waals surface area contributed by atoms with E-state index in [0.29, 0.717) is 17.9 Å². The molecule has 2 amide bonds. The van der Waals surface area contributed by atoms with Crippen molar-refractivity contribution < 1.29 is 19.2 Å². The van der Waals surface area contributed by atoms with Gasteiger partial charge in [0.25, 0.3) is 11.8 Å². The number of fused-ring (bicyclic) bond motifs is 1. The standard InChI is InChI=1S/C16H18N2O4/c1-11-12-6-2-3-7-13(12)16(20)18(11)10-14(19)17-22-15-8-4-5-9-21-15/h2-3,6-7,15H,1,4-5,8-10H2,(H,17,19)/t15-/m0/s1. The van der Waals surface area contributed by atoms with Crippen LogP contribution in [-0.4, -0.2) is 36.2 Å². The van der Waals surface area contributed by atoms with Crippen molar-refractivity contribution in [2.24, 2.45) is 0 Å². The summed E-state index contributed by atoms with van der Waals surface area (Å²) < 4.78 is 5.36. The third-order valence-electron chi connectivity index (χ3n) is 3.78. The maximum Gasteiger partial charge on any atom is 0.263 e. The predicted molar refractivity (Wildman–Crippen MR) is 79.3 cm³/mol. The van der Waals surface area contributed by atoms with E-state index in [9.17, 15) is 9.59 Å². The van der Waals surface area contributed by atoms with Gasteiger partial charge >= 0.3 is 0 Å².